The summed E-state index contributed by atoms with van der Waals surface area (Å²) < 4.78 is 1.18. The second kappa shape index (κ2) is 3.25. The lowest BCUT2D eigenvalue weighted by Crippen LogP contribution is -1.75. The van der Waals surface area contributed by atoms with Gasteiger partial charge in [0.05, 0.1) is 21.3 Å². The quantitative estimate of drug-likeness (QED) is 0.461. The number of hydrogen-bond donors (Lipinski definition) is 0. The predicted octanol–water partition coefficient (Wildman–Crippen LogP) is 4.00. The molecule has 0 aliphatic heterocycles. The molecule has 2 aromatic heterocycles. The van der Waals surface area contributed by atoms with E-state index in [1.807, 2.05) is 17.6 Å². The molecule has 2 heterocycles. The van der Waals surface area contributed by atoms with E-state index in [0.29, 0.717) is 0 Å². The summed E-state index contributed by atoms with van der Waals surface area (Å²) in [5.74, 6) is 0. The van der Waals surface area contributed by atoms with Crippen LogP contribution in [0.2, 0.25) is 0 Å². The summed E-state index contributed by atoms with van der Waals surface area (Å²) in [4.78, 5) is 9.04. The zero-order chi connectivity index (χ0) is 11.2. The normalized spacial score (nSPS) is 11.5. The number of rotatable bonds is 0. The molecule has 0 atom stereocenters. The second-order valence-corrected chi connectivity index (χ2v) is 4.95. The third-order valence-corrected chi connectivity index (χ3v) is 3.82. The fourth-order valence-corrected chi connectivity index (χ4v) is 2.88. The maximum atomic E-state index is 4.64. The lowest BCUT2D eigenvalue weighted by molar-refractivity contribution is 1.45. The fourth-order valence-electron chi connectivity index (χ4n) is 2.20. The third-order valence-electron chi connectivity index (χ3n) is 2.98. The van der Waals surface area contributed by atoms with Gasteiger partial charge in [-0.3, -0.25) is 4.98 Å². The summed E-state index contributed by atoms with van der Waals surface area (Å²) in [5.41, 5.74) is 3.16. The number of fused-ring (bicyclic) bond motifs is 4. The van der Waals surface area contributed by atoms with Crippen molar-refractivity contribution in [2.24, 2.45) is 0 Å². The molecule has 3 heteroatoms. The van der Waals surface area contributed by atoms with E-state index in [2.05, 4.69) is 40.3 Å². The van der Waals surface area contributed by atoms with Crippen LogP contribution in [0.15, 0.2) is 48.0 Å². The van der Waals surface area contributed by atoms with E-state index >= 15 is 0 Å². The first kappa shape index (κ1) is 9.07. The summed E-state index contributed by atoms with van der Waals surface area (Å²) in [6.07, 6.45) is 1.84. The maximum absolute atomic E-state index is 4.64. The third kappa shape index (κ3) is 1.26. The van der Waals surface area contributed by atoms with Crippen molar-refractivity contribution in [3.05, 3.63) is 48.0 Å². The highest BCUT2D eigenvalue weighted by atomic mass is 32.1. The SMILES string of the molecule is c1ccc2c(c1)nc1cc3sccnc3cc12. The van der Waals surface area contributed by atoms with E-state index in [9.17, 15) is 0 Å². The van der Waals surface area contributed by atoms with Crippen molar-refractivity contribution >= 4 is 43.4 Å². The fraction of sp³-hybridized carbons (Fsp3) is 0. The largest absolute Gasteiger partial charge is 0.255 e. The van der Waals surface area contributed by atoms with Crippen LogP contribution in [0, 0.1) is 0 Å². The molecule has 0 radical (unpaired) electrons. The first-order valence-corrected chi connectivity index (χ1v) is 6.31. The number of aromatic nitrogens is 2. The Morgan fingerprint density at radius 3 is 2.82 bits per heavy atom. The molecule has 2 nitrogen and oxygen atoms in total. The molecule has 0 N–H and O–H groups in total. The topological polar surface area (TPSA) is 25.8 Å². The van der Waals surface area contributed by atoms with Crippen molar-refractivity contribution in [1.29, 1.82) is 0 Å². The van der Waals surface area contributed by atoms with Crippen LogP contribution in [0.25, 0.3) is 32.0 Å². The van der Waals surface area contributed by atoms with E-state index in [1.54, 1.807) is 11.3 Å². The molecule has 0 bridgehead atoms. The molecule has 0 saturated carbocycles. The van der Waals surface area contributed by atoms with Gasteiger partial charge in [0.2, 0.25) is 0 Å². The summed E-state index contributed by atoms with van der Waals surface area (Å²) in [5, 5.41) is 4.40. The van der Waals surface area contributed by atoms with Crippen molar-refractivity contribution in [3.8, 4) is 0 Å². The molecule has 0 spiro atoms. The minimum Gasteiger partial charge on any atom is -0.255 e. The standard InChI is InChI=1S/C14H8N2S/c1-2-4-11-9(3-1)10-7-13-14(8-12(10)16-11)17-6-5-15-13/h1-8H. The van der Waals surface area contributed by atoms with Gasteiger partial charge in [0, 0.05) is 22.3 Å². The zero-order valence-electron chi connectivity index (χ0n) is 8.92. The highest BCUT2D eigenvalue weighted by Crippen LogP contribution is 2.29. The first-order valence-electron chi connectivity index (χ1n) is 5.43. The van der Waals surface area contributed by atoms with Gasteiger partial charge in [0.25, 0.3) is 0 Å². The highest BCUT2D eigenvalue weighted by Gasteiger charge is 2.06. The van der Waals surface area contributed by atoms with Gasteiger partial charge >= 0.3 is 0 Å². The Balaban J connectivity index is 2.28. The molecule has 0 fully saturated rings. The van der Waals surface area contributed by atoms with Gasteiger partial charge in [0.1, 0.15) is 0 Å². The summed E-state index contributed by atoms with van der Waals surface area (Å²) in [6.45, 7) is 0. The van der Waals surface area contributed by atoms with E-state index in [0.717, 1.165) is 16.6 Å². The van der Waals surface area contributed by atoms with Crippen LogP contribution < -0.4 is 0 Å². The molecule has 4 rings (SSSR count). The van der Waals surface area contributed by atoms with Crippen LogP contribution in [-0.4, -0.2) is 9.97 Å². The Morgan fingerprint density at radius 1 is 0.882 bits per heavy atom. The van der Waals surface area contributed by atoms with Crippen LogP contribution >= 0.6 is 11.3 Å². The van der Waals surface area contributed by atoms with Gasteiger partial charge in [-0.05, 0) is 18.2 Å². The minimum atomic E-state index is 1.04. The zero-order valence-corrected chi connectivity index (χ0v) is 9.74. The molecule has 0 amide bonds. The van der Waals surface area contributed by atoms with Gasteiger partial charge < -0.3 is 0 Å². The molecule has 0 saturated heterocycles. The van der Waals surface area contributed by atoms with Crippen molar-refractivity contribution < 1.29 is 0 Å². The van der Waals surface area contributed by atoms with Gasteiger partial charge in [-0.2, -0.15) is 0 Å². The Bertz CT molecular complexity index is 842. The van der Waals surface area contributed by atoms with Crippen LogP contribution in [0.5, 0.6) is 0 Å². The highest BCUT2D eigenvalue weighted by molar-refractivity contribution is 7.16. The van der Waals surface area contributed by atoms with Gasteiger partial charge in [0.15, 0.2) is 0 Å². The van der Waals surface area contributed by atoms with Crippen molar-refractivity contribution in [1.82, 2.24) is 9.97 Å². The smallest absolute Gasteiger partial charge is 0.0809 e. The molecule has 4 aromatic rings. The molecule has 80 valence electrons. The first-order chi connectivity index (χ1) is 8.42. The molecule has 0 aliphatic carbocycles. The van der Waals surface area contributed by atoms with Gasteiger partial charge in [-0.15, -0.1) is 11.3 Å². The number of nitrogens with zero attached hydrogens (tertiary/aromatic N) is 2. The number of hydrogen-bond acceptors (Lipinski definition) is 3. The Kier molecular flexibility index (Phi) is 1.73. The Hall–Kier alpha value is -2.00. The van der Waals surface area contributed by atoms with Crippen LogP contribution in [-0.2, 0) is 0 Å². The molecule has 0 aliphatic rings. The summed E-state index contributed by atoms with van der Waals surface area (Å²) >= 11 is 1.70. The summed E-state index contributed by atoms with van der Waals surface area (Å²) in [7, 11) is 0. The van der Waals surface area contributed by atoms with E-state index in [4.69, 9.17) is 0 Å². The van der Waals surface area contributed by atoms with E-state index in [1.165, 1.54) is 15.5 Å². The number of para-hydroxylation sites is 1. The lowest BCUT2D eigenvalue weighted by Gasteiger charge is -1.95. The maximum Gasteiger partial charge on any atom is 0.0809 e. The number of benzene rings is 2. The lowest BCUT2D eigenvalue weighted by atomic mass is 10.1. The predicted molar refractivity (Wildman–Crippen MR) is 72.4 cm³/mol. The van der Waals surface area contributed by atoms with Crippen molar-refractivity contribution in [2.75, 3.05) is 0 Å². The Labute approximate surface area is 102 Å². The van der Waals surface area contributed by atoms with Crippen molar-refractivity contribution in [2.45, 2.75) is 0 Å². The van der Waals surface area contributed by atoms with Crippen LogP contribution in [0.4, 0.5) is 0 Å². The van der Waals surface area contributed by atoms with Gasteiger partial charge in [-0.25, -0.2) is 4.98 Å². The monoisotopic (exact) mass is 236 g/mol. The average Bonchev–Trinajstić information content (AvgIpc) is 2.73. The van der Waals surface area contributed by atoms with E-state index in [-0.39, 0.29) is 0 Å². The van der Waals surface area contributed by atoms with E-state index < -0.39 is 0 Å². The molecular formula is C14H8N2S. The summed E-state index contributed by atoms with van der Waals surface area (Å²) in [6, 6.07) is 12.5. The second-order valence-electron chi connectivity index (χ2n) is 4.00. The molecular weight excluding hydrogens is 228 g/mol. The average molecular weight is 236 g/mol. The Morgan fingerprint density at radius 2 is 1.82 bits per heavy atom. The molecule has 2 aromatic carbocycles. The van der Waals surface area contributed by atoms with Crippen molar-refractivity contribution in [3.63, 3.8) is 0 Å². The minimum absolute atomic E-state index is 1.04. The van der Waals surface area contributed by atoms with Crippen LogP contribution in [0.3, 0.4) is 0 Å². The van der Waals surface area contributed by atoms with Crippen LogP contribution in [0.1, 0.15) is 0 Å². The van der Waals surface area contributed by atoms with Gasteiger partial charge in [-0.1, -0.05) is 18.2 Å². The molecule has 17 heavy (non-hydrogen) atoms. The molecule has 0 unspecified atom stereocenters.